The van der Waals surface area contributed by atoms with Crippen molar-refractivity contribution in [2.45, 2.75) is 24.7 Å². The largest absolute Gasteiger partial charge is 0.510 e. The number of methoxy groups -OCH3 is 1. The van der Waals surface area contributed by atoms with Crippen LogP contribution in [0.2, 0.25) is 0 Å². The zero-order valence-electron chi connectivity index (χ0n) is 26.0. The second kappa shape index (κ2) is 10.6. The molecule has 4 aromatic rings. The topological polar surface area (TPSA) is 228 Å². The van der Waals surface area contributed by atoms with E-state index in [1.165, 1.54) is 12.3 Å². The van der Waals surface area contributed by atoms with Gasteiger partial charge in [-0.1, -0.05) is 24.3 Å². The van der Waals surface area contributed by atoms with Gasteiger partial charge in [0.05, 0.1) is 51.7 Å². The van der Waals surface area contributed by atoms with E-state index in [4.69, 9.17) is 4.74 Å². The first-order valence-electron chi connectivity index (χ1n) is 15.3. The summed E-state index contributed by atoms with van der Waals surface area (Å²) in [6, 6.07) is 11.4. The quantitative estimate of drug-likeness (QED) is 0.103. The van der Waals surface area contributed by atoms with E-state index in [0.717, 1.165) is 29.6 Å². The number of carbonyl (C=O) groups excluding carboxylic acids is 1. The summed E-state index contributed by atoms with van der Waals surface area (Å²) < 4.78 is 4.91. The molecule has 2 aromatic heterocycles. The molecule has 2 aromatic carbocycles. The third-order valence-corrected chi connectivity index (χ3v) is 9.69. The summed E-state index contributed by atoms with van der Waals surface area (Å²) in [5, 5.41) is 36.9. The Morgan fingerprint density at radius 2 is 1.68 bits per heavy atom. The van der Waals surface area contributed by atoms with E-state index in [0.29, 0.717) is 5.56 Å². The highest BCUT2D eigenvalue weighted by molar-refractivity contribution is 5.96. The highest BCUT2D eigenvalue weighted by Crippen LogP contribution is 2.54. The number of aromatic amines is 2. The van der Waals surface area contributed by atoms with Gasteiger partial charge in [-0.25, -0.2) is 5.43 Å². The van der Waals surface area contributed by atoms with Gasteiger partial charge in [-0.15, -0.1) is 0 Å². The van der Waals surface area contributed by atoms with Crippen LogP contribution in [0.15, 0.2) is 77.7 Å². The molecule has 6 N–H and O–H groups in total. The molecule has 0 aliphatic heterocycles. The van der Waals surface area contributed by atoms with E-state index in [9.17, 15) is 44.1 Å². The number of para-hydroxylation sites is 1. The number of fused-ring (bicyclic) bond motifs is 5. The number of benzene rings is 2. The summed E-state index contributed by atoms with van der Waals surface area (Å²) in [6.07, 6.45) is 3.02. The van der Waals surface area contributed by atoms with Gasteiger partial charge in [0.15, 0.2) is 11.2 Å². The van der Waals surface area contributed by atoms with Crippen molar-refractivity contribution >= 4 is 45.3 Å². The second-order valence-corrected chi connectivity index (χ2v) is 12.3. The Balaban J connectivity index is 1.21. The number of nitrogens with one attached hydrogen (secondary N) is 3. The number of rotatable bonds is 5. The van der Waals surface area contributed by atoms with Crippen molar-refractivity contribution in [2.24, 2.45) is 5.10 Å². The molecule has 1 unspecified atom stereocenters. The van der Waals surface area contributed by atoms with E-state index in [2.05, 4.69) is 20.5 Å². The van der Waals surface area contributed by atoms with E-state index < -0.39 is 82.5 Å². The number of aliphatic hydroxyl groups is 2. The smallest absolute Gasteiger partial charge is 0.260 e. The van der Waals surface area contributed by atoms with Crippen molar-refractivity contribution in [3.05, 3.63) is 143 Å². The number of nitrogens with zero attached hydrogens (tertiary/aromatic N) is 1. The molecule has 1 atom stereocenters. The molecule has 248 valence electrons. The van der Waals surface area contributed by atoms with Crippen LogP contribution < -0.4 is 47.9 Å². The molecule has 0 saturated heterocycles. The first-order chi connectivity index (χ1) is 24.0. The predicted octanol–water partition coefficient (Wildman–Crippen LogP) is -0.312. The van der Waals surface area contributed by atoms with Crippen LogP contribution in [0.3, 0.4) is 0 Å². The van der Waals surface area contributed by atoms with Crippen molar-refractivity contribution in [1.29, 1.82) is 0 Å². The summed E-state index contributed by atoms with van der Waals surface area (Å²) in [5.74, 6) is -3.05. The molecule has 1 spiro atoms. The predicted molar refractivity (Wildman–Crippen MR) is 181 cm³/mol. The molecule has 14 nitrogen and oxygen atoms in total. The number of aliphatic hydroxyl groups excluding tert-OH is 2. The lowest BCUT2D eigenvalue weighted by Crippen LogP contribution is -2.51. The summed E-state index contributed by atoms with van der Waals surface area (Å²) in [7, 11) is 1.11. The molecular weight excluding hydrogens is 648 g/mol. The lowest BCUT2D eigenvalue weighted by atomic mass is 9.78. The molecule has 0 bridgehead atoms. The minimum atomic E-state index is -2.01. The van der Waals surface area contributed by atoms with Crippen molar-refractivity contribution in [2.75, 3.05) is 7.11 Å². The molecule has 2 heterocycles. The average molecular weight is 673 g/mol. The molecule has 4 aliphatic rings. The number of aryl methyl sites for hydroxylation is 1. The van der Waals surface area contributed by atoms with Crippen LogP contribution in [0.5, 0.6) is 11.5 Å². The summed E-state index contributed by atoms with van der Waals surface area (Å²) in [5.41, 5.74) is -2.50. The Hall–Kier alpha value is -6.83. The molecule has 14 heteroatoms. The van der Waals surface area contributed by atoms with Gasteiger partial charge in [-0.3, -0.25) is 28.8 Å². The molecule has 1 amide bonds. The number of pyridine rings is 1. The number of carbonyl (C=O) groups is 1. The second-order valence-electron chi connectivity index (χ2n) is 12.3. The van der Waals surface area contributed by atoms with Gasteiger partial charge in [0.25, 0.3) is 5.56 Å². The standard InChI is InChI=1S/C36H24N4O10/c1-50-21-11-20(41)24-25(29(21)43)31(45)27-26(30(24)44)33(47)36(34(27)48)7-6-14-8-15-9-17(39-35(49)23(15)32(46)28(14)36)13-38-40-22(42)10-16-12-37-19-5-3-2-4-18(16)19/h2-5,8-9,11-13,37,46-48H,6-7,10H2,1H3,(H,39,49)(H,40,42)/b38-13+. The lowest BCUT2D eigenvalue weighted by Gasteiger charge is -2.27. The maximum Gasteiger partial charge on any atom is 0.260 e. The number of hydrogen-bond donors (Lipinski definition) is 6. The summed E-state index contributed by atoms with van der Waals surface area (Å²) in [6.45, 7) is 0. The van der Waals surface area contributed by atoms with Crippen molar-refractivity contribution in [3.8, 4) is 11.5 Å². The summed E-state index contributed by atoms with van der Waals surface area (Å²) >= 11 is 0. The van der Waals surface area contributed by atoms with E-state index >= 15 is 0 Å². The number of amides is 1. The number of hydrogen-bond acceptors (Lipinski definition) is 11. The van der Waals surface area contributed by atoms with E-state index in [1.807, 2.05) is 24.3 Å². The molecule has 0 radical (unpaired) electrons. The Labute approximate surface area is 276 Å². The highest BCUT2D eigenvalue weighted by Gasteiger charge is 2.53. The van der Waals surface area contributed by atoms with Crippen LogP contribution in [0.1, 0.15) is 28.8 Å². The third kappa shape index (κ3) is 3.98. The number of aromatic hydroxyl groups is 1. The van der Waals surface area contributed by atoms with Crippen LogP contribution in [0, 0.1) is 10.4 Å². The number of phenolic OH excluding ortho intramolecular Hbond substituents is 1. The fourth-order valence-electron chi connectivity index (χ4n) is 7.50. The van der Waals surface area contributed by atoms with Gasteiger partial charge in [0.2, 0.25) is 22.2 Å². The zero-order chi connectivity index (χ0) is 35.2. The fraction of sp³-hybridized carbons (Fsp3) is 0.139. The minimum Gasteiger partial charge on any atom is -0.510 e. The Kier molecular flexibility index (Phi) is 6.46. The van der Waals surface area contributed by atoms with Gasteiger partial charge in [-0.05, 0) is 41.5 Å². The summed E-state index contributed by atoms with van der Waals surface area (Å²) in [4.78, 5) is 84.7. The van der Waals surface area contributed by atoms with Gasteiger partial charge < -0.3 is 30.0 Å². The van der Waals surface area contributed by atoms with Crippen LogP contribution >= 0.6 is 0 Å². The van der Waals surface area contributed by atoms with E-state index in [-0.39, 0.29) is 41.3 Å². The Morgan fingerprint density at radius 1 is 0.960 bits per heavy atom. The van der Waals surface area contributed by atoms with Crippen molar-refractivity contribution in [1.82, 2.24) is 15.4 Å². The Morgan fingerprint density at radius 3 is 2.42 bits per heavy atom. The highest BCUT2D eigenvalue weighted by atomic mass is 16.5. The number of phenols is 1. The fourth-order valence-corrected chi connectivity index (χ4v) is 7.50. The van der Waals surface area contributed by atoms with Crippen LogP contribution in [-0.2, 0) is 23.1 Å². The van der Waals surface area contributed by atoms with Gasteiger partial charge >= 0.3 is 0 Å². The molecule has 8 rings (SSSR count). The molecule has 4 aliphatic carbocycles. The minimum absolute atomic E-state index is 0.0525. The SMILES string of the molecule is COc1cc(=O)c2c(=O)c3c(c(=O)c=2c1=O)=C(O)C1(CCc2cc4cc(/C=N/NC(=O)Cc5c[nH]c6ccccc56)[nH]c(=O)c4c(O)c21)C=3O. The van der Waals surface area contributed by atoms with Gasteiger partial charge in [-0.2, -0.15) is 5.10 Å². The normalized spacial score (nSPS) is 16.7. The Bertz CT molecular complexity index is 3040. The van der Waals surface area contributed by atoms with Crippen LogP contribution in [-0.4, -0.2) is 44.5 Å². The average Bonchev–Trinajstić information content (AvgIpc) is 3.74. The molecular formula is C36H24N4O10. The van der Waals surface area contributed by atoms with Gasteiger partial charge in [0.1, 0.15) is 22.7 Å². The van der Waals surface area contributed by atoms with Gasteiger partial charge in [0, 0.05) is 28.7 Å². The third-order valence-electron chi connectivity index (χ3n) is 9.69. The van der Waals surface area contributed by atoms with Crippen LogP contribution in [0.4, 0.5) is 0 Å². The monoisotopic (exact) mass is 672 g/mol. The maximum atomic E-state index is 13.7. The maximum absolute atomic E-state index is 13.7. The first-order valence-corrected chi connectivity index (χ1v) is 15.3. The number of hydrazone groups is 1. The molecule has 50 heavy (non-hydrogen) atoms. The zero-order valence-corrected chi connectivity index (χ0v) is 26.0. The van der Waals surface area contributed by atoms with Crippen LogP contribution in [0.25, 0.3) is 33.2 Å². The lowest BCUT2D eigenvalue weighted by molar-refractivity contribution is -0.120. The van der Waals surface area contributed by atoms with E-state index in [1.54, 1.807) is 12.3 Å². The van der Waals surface area contributed by atoms with Crippen molar-refractivity contribution in [3.63, 3.8) is 0 Å². The number of H-pyrrole nitrogens is 2. The first kappa shape index (κ1) is 30.5. The molecule has 0 fully saturated rings. The van der Waals surface area contributed by atoms with Crippen molar-refractivity contribution < 1.29 is 24.9 Å². The number of ether oxygens (including phenoxy) is 1. The number of aromatic nitrogens is 2. The molecule has 0 saturated carbocycles.